The second-order valence-corrected chi connectivity index (χ2v) is 4.57. The molecule has 1 heterocycles. The molecule has 102 valence electrons. The van der Waals surface area contributed by atoms with E-state index in [0.29, 0.717) is 0 Å². The minimum absolute atomic E-state index is 0.783. The number of imidazole rings is 1. The van der Waals surface area contributed by atoms with Crippen molar-refractivity contribution < 1.29 is 4.74 Å². The number of hydrogen-bond acceptors (Lipinski definition) is 3. The van der Waals surface area contributed by atoms with Crippen LogP contribution in [0.25, 0.3) is 0 Å². The molecule has 19 heavy (non-hydrogen) atoms. The van der Waals surface area contributed by atoms with Crippen molar-refractivity contribution >= 4 is 0 Å². The molecular formula is C15H21N3O. The van der Waals surface area contributed by atoms with Crippen molar-refractivity contribution in [3.63, 3.8) is 0 Å². The Morgan fingerprint density at radius 2 is 2.21 bits per heavy atom. The summed E-state index contributed by atoms with van der Waals surface area (Å²) in [6, 6.07) is 6.25. The van der Waals surface area contributed by atoms with Crippen LogP contribution in [0.1, 0.15) is 23.9 Å². The van der Waals surface area contributed by atoms with E-state index in [0.717, 1.165) is 31.2 Å². The zero-order valence-corrected chi connectivity index (χ0v) is 11.8. The van der Waals surface area contributed by atoms with Crippen molar-refractivity contribution in [2.24, 2.45) is 0 Å². The average molecular weight is 259 g/mol. The molecular weight excluding hydrogens is 238 g/mol. The number of aromatic nitrogens is 2. The number of benzene rings is 1. The van der Waals surface area contributed by atoms with E-state index in [1.807, 2.05) is 18.5 Å². The lowest BCUT2D eigenvalue weighted by Crippen LogP contribution is -2.16. The molecule has 0 saturated heterocycles. The Labute approximate surface area is 114 Å². The number of methoxy groups -OCH3 is 1. The molecule has 2 aromatic rings. The number of aryl methyl sites for hydroxylation is 1. The van der Waals surface area contributed by atoms with Crippen LogP contribution in [-0.4, -0.2) is 23.2 Å². The number of hydrogen-bond donors (Lipinski definition) is 1. The van der Waals surface area contributed by atoms with Crippen LogP contribution >= 0.6 is 0 Å². The smallest absolute Gasteiger partial charge is 0.123 e. The first-order chi connectivity index (χ1) is 9.24. The van der Waals surface area contributed by atoms with Crippen LogP contribution in [0.15, 0.2) is 30.6 Å². The highest BCUT2D eigenvalue weighted by atomic mass is 16.5. The van der Waals surface area contributed by atoms with Crippen LogP contribution in [0, 0.1) is 6.92 Å². The van der Waals surface area contributed by atoms with Crippen molar-refractivity contribution in [1.29, 1.82) is 0 Å². The Balaban J connectivity index is 2.21. The highest BCUT2D eigenvalue weighted by Gasteiger charge is 2.07. The molecule has 4 nitrogen and oxygen atoms in total. The summed E-state index contributed by atoms with van der Waals surface area (Å²) in [6.07, 6.45) is 3.85. The van der Waals surface area contributed by atoms with E-state index >= 15 is 0 Å². The maximum absolute atomic E-state index is 5.42. The fraction of sp³-hybridized carbons (Fsp3) is 0.400. The third kappa shape index (κ3) is 3.35. The molecule has 0 fully saturated rings. The predicted molar refractivity (Wildman–Crippen MR) is 76.4 cm³/mol. The number of rotatable bonds is 6. The summed E-state index contributed by atoms with van der Waals surface area (Å²) in [5.41, 5.74) is 2.42. The van der Waals surface area contributed by atoms with Gasteiger partial charge in [-0.2, -0.15) is 0 Å². The van der Waals surface area contributed by atoms with Crippen molar-refractivity contribution in [2.75, 3.05) is 13.7 Å². The first kappa shape index (κ1) is 13.6. The molecule has 0 spiro atoms. The summed E-state index contributed by atoms with van der Waals surface area (Å²) in [7, 11) is 1.71. The van der Waals surface area contributed by atoms with Gasteiger partial charge in [0.2, 0.25) is 0 Å². The van der Waals surface area contributed by atoms with Gasteiger partial charge in [0.1, 0.15) is 11.6 Å². The molecule has 1 aromatic heterocycles. The number of nitrogens with one attached hydrogen (secondary N) is 1. The van der Waals surface area contributed by atoms with Gasteiger partial charge in [0.15, 0.2) is 0 Å². The highest BCUT2D eigenvalue weighted by Crippen LogP contribution is 2.21. The second-order valence-electron chi connectivity index (χ2n) is 4.57. The average Bonchev–Trinajstić information content (AvgIpc) is 2.84. The van der Waals surface area contributed by atoms with Gasteiger partial charge < -0.3 is 14.6 Å². The summed E-state index contributed by atoms with van der Waals surface area (Å²) in [5.74, 6) is 1.97. The fourth-order valence-electron chi connectivity index (χ4n) is 2.10. The molecule has 2 rings (SSSR count). The molecule has 1 N–H and O–H groups in total. The Kier molecular flexibility index (Phi) is 4.58. The third-order valence-electron chi connectivity index (χ3n) is 3.11. The number of ether oxygens (including phenoxy) is 1. The van der Waals surface area contributed by atoms with E-state index in [4.69, 9.17) is 4.74 Å². The van der Waals surface area contributed by atoms with Gasteiger partial charge in [0.25, 0.3) is 0 Å². The Morgan fingerprint density at radius 1 is 1.37 bits per heavy atom. The van der Waals surface area contributed by atoms with E-state index in [9.17, 15) is 0 Å². The van der Waals surface area contributed by atoms with Crippen LogP contribution < -0.4 is 10.1 Å². The lowest BCUT2D eigenvalue weighted by atomic mass is 10.1. The summed E-state index contributed by atoms with van der Waals surface area (Å²) in [5, 5.41) is 3.30. The maximum atomic E-state index is 5.42. The predicted octanol–water partition coefficient (Wildman–Crippen LogP) is 2.36. The molecule has 0 amide bonds. The topological polar surface area (TPSA) is 39.1 Å². The second kappa shape index (κ2) is 6.38. The minimum atomic E-state index is 0.783. The Bertz CT molecular complexity index is 534. The molecule has 0 unspecified atom stereocenters. The van der Waals surface area contributed by atoms with E-state index < -0.39 is 0 Å². The summed E-state index contributed by atoms with van der Waals surface area (Å²) >= 11 is 0. The van der Waals surface area contributed by atoms with E-state index in [1.165, 1.54) is 11.1 Å². The molecule has 0 saturated carbocycles. The molecule has 0 atom stereocenters. The van der Waals surface area contributed by atoms with Crippen molar-refractivity contribution in [2.45, 2.75) is 26.9 Å². The molecule has 0 aliphatic heterocycles. The van der Waals surface area contributed by atoms with Gasteiger partial charge >= 0.3 is 0 Å². The van der Waals surface area contributed by atoms with E-state index in [-0.39, 0.29) is 0 Å². The molecule has 0 aliphatic carbocycles. The van der Waals surface area contributed by atoms with Crippen molar-refractivity contribution in [3.05, 3.63) is 47.5 Å². The van der Waals surface area contributed by atoms with Crippen LogP contribution in [0.5, 0.6) is 5.75 Å². The van der Waals surface area contributed by atoms with Gasteiger partial charge in [-0.1, -0.05) is 24.6 Å². The fourth-order valence-corrected chi connectivity index (χ4v) is 2.10. The summed E-state index contributed by atoms with van der Waals surface area (Å²) in [6.45, 7) is 6.71. The zero-order chi connectivity index (χ0) is 13.7. The number of nitrogens with zero attached hydrogens (tertiary/aromatic N) is 2. The van der Waals surface area contributed by atoms with Gasteiger partial charge in [-0.25, -0.2) is 4.98 Å². The normalized spacial score (nSPS) is 10.7. The summed E-state index contributed by atoms with van der Waals surface area (Å²) in [4.78, 5) is 4.39. The zero-order valence-electron chi connectivity index (χ0n) is 11.8. The molecule has 0 radical (unpaired) electrons. The van der Waals surface area contributed by atoms with Gasteiger partial charge in [0, 0.05) is 18.0 Å². The minimum Gasteiger partial charge on any atom is -0.496 e. The van der Waals surface area contributed by atoms with Crippen LogP contribution in [0.4, 0.5) is 0 Å². The summed E-state index contributed by atoms with van der Waals surface area (Å²) < 4.78 is 7.57. The quantitative estimate of drug-likeness (QED) is 0.865. The highest BCUT2D eigenvalue weighted by molar-refractivity contribution is 5.37. The van der Waals surface area contributed by atoms with E-state index in [1.54, 1.807) is 7.11 Å². The van der Waals surface area contributed by atoms with E-state index in [2.05, 4.69) is 40.8 Å². The molecule has 0 aliphatic rings. The van der Waals surface area contributed by atoms with Crippen molar-refractivity contribution in [3.8, 4) is 5.75 Å². The van der Waals surface area contributed by atoms with Crippen LogP contribution in [0.3, 0.4) is 0 Å². The lowest BCUT2D eigenvalue weighted by molar-refractivity contribution is 0.408. The van der Waals surface area contributed by atoms with Crippen molar-refractivity contribution in [1.82, 2.24) is 14.9 Å². The maximum Gasteiger partial charge on any atom is 0.123 e. The Hall–Kier alpha value is -1.81. The van der Waals surface area contributed by atoms with Crippen LogP contribution in [0.2, 0.25) is 0 Å². The molecule has 0 bridgehead atoms. The standard InChI is InChI=1S/C15H21N3O/c1-4-16-10-15-17-7-8-18(15)11-13-9-12(2)5-6-14(13)19-3/h5-9,16H,4,10-11H2,1-3H3. The van der Waals surface area contributed by atoms with Gasteiger partial charge in [-0.3, -0.25) is 0 Å². The monoisotopic (exact) mass is 259 g/mol. The van der Waals surface area contributed by atoms with Gasteiger partial charge in [-0.05, 0) is 19.5 Å². The third-order valence-corrected chi connectivity index (χ3v) is 3.11. The van der Waals surface area contributed by atoms with Crippen LogP contribution in [-0.2, 0) is 13.1 Å². The lowest BCUT2D eigenvalue weighted by Gasteiger charge is -2.12. The molecule has 1 aromatic carbocycles. The largest absolute Gasteiger partial charge is 0.496 e. The first-order valence-corrected chi connectivity index (χ1v) is 6.58. The Morgan fingerprint density at radius 3 is 2.95 bits per heavy atom. The first-order valence-electron chi connectivity index (χ1n) is 6.58. The van der Waals surface area contributed by atoms with Gasteiger partial charge in [-0.15, -0.1) is 0 Å². The van der Waals surface area contributed by atoms with Gasteiger partial charge in [0.05, 0.1) is 20.2 Å². The molecule has 4 heteroatoms. The SMILES string of the molecule is CCNCc1nccn1Cc1cc(C)ccc1OC.